The summed E-state index contributed by atoms with van der Waals surface area (Å²) in [5, 5.41) is 3.14. The zero-order valence-corrected chi connectivity index (χ0v) is 16.6. The lowest BCUT2D eigenvalue weighted by Crippen LogP contribution is -2.43. The van der Waals surface area contributed by atoms with E-state index in [9.17, 15) is 4.79 Å². The highest BCUT2D eigenvalue weighted by Crippen LogP contribution is 2.17. The largest absolute Gasteiger partial charge is 0.359 e. The minimum Gasteiger partial charge on any atom is -0.359 e. The van der Waals surface area contributed by atoms with Crippen LogP contribution >= 0.6 is 11.6 Å². The molecule has 1 aliphatic rings. The summed E-state index contributed by atoms with van der Waals surface area (Å²) in [4.78, 5) is 13.9. The van der Waals surface area contributed by atoms with Crippen LogP contribution in [0.3, 0.4) is 0 Å². The summed E-state index contributed by atoms with van der Waals surface area (Å²) in [5.74, 6) is 6.43. The Hall–Kier alpha value is -2.22. The fraction of sp³-hybridized carbons (Fsp3) is 0.381. The highest BCUT2D eigenvalue weighted by Gasteiger charge is 2.19. The number of halogens is 1. The fourth-order valence-electron chi connectivity index (χ4n) is 2.46. The van der Waals surface area contributed by atoms with Crippen LogP contribution in [0.2, 0.25) is 5.02 Å². The van der Waals surface area contributed by atoms with Gasteiger partial charge in [0.05, 0.1) is 5.70 Å². The Morgan fingerprint density at radius 2 is 2.15 bits per heavy atom. The van der Waals surface area contributed by atoms with E-state index in [2.05, 4.69) is 40.5 Å². The lowest BCUT2D eigenvalue weighted by atomic mass is 10.2. The molecule has 0 aliphatic carbocycles. The summed E-state index contributed by atoms with van der Waals surface area (Å²) in [7, 11) is 0. The second-order valence-electron chi connectivity index (χ2n) is 5.70. The third kappa shape index (κ3) is 7.35. The van der Waals surface area contributed by atoms with Crippen LogP contribution in [0.4, 0.5) is 0 Å². The highest BCUT2D eigenvalue weighted by molar-refractivity contribution is 6.30. The smallest absolute Gasteiger partial charge is 0.207 e. The number of nitrogens with one attached hydrogen (secondary N) is 1. The Bertz CT molecular complexity index is 688. The van der Waals surface area contributed by atoms with Gasteiger partial charge in [0.15, 0.2) is 0 Å². The molecule has 1 aromatic carbocycles. The molecule has 4 nitrogen and oxygen atoms in total. The molecule has 1 fully saturated rings. The molecule has 1 saturated heterocycles. The standard InChI is InChI=1S/C18H21ClN2.C3H7NO/c1-4-18(10-9-16-7-6-8-17(19)13-16)21-12-11-20(5-2)14-15(21)3;1-2-4-3-5/h4,6-8,13H,3,5,11-12,14H2,1-2H3;3H,2H2,1H3,(H,4,5)/b18-4-;. The molecule has 0 saturated carbocycles. The molecule has 0 spiro atoms. The van der Waals surface area contributed by atoms with Crippen LogP contribution in [0.1, 0.15) is 26.3 Å². The van der Waals surface area contributed by atoms with E-state index >= 15 is 0 Å². The fourth-order valence-corrected chi connectivity index (χ4v) is 2.65. The van der Waals surface area contributed by atoms with Crippen molar-refractivity contribution < 1.29 is 4.79 Å². The molecule has 1 aromatic rings. The van der Waals surface area contributed by atoms with E-state index < -0.39 is 0 Å². The van der Waals surface area contributed by atoms with E-state index in [0.717, 1.165) is 49.7 Å². The molecule has 140 valence electrons. The highest BCUT2D eigenvalue weighted by atomic mass is 35.5. The summed E-state index contributed by atoms with van der Waals surface area (Å²) < 4.78 is 0. The lowest BCUT2D eigenvalue weighted by Gasteiger charge is -2.37. The van der Waals surface area contributed by atoms with Gasteiger partial charge in [0.2, 0.25) is 6.41 Å². The molecule has 0 aromatic heterocycles. The topological polar surface area (TPSA) is 35.6 Å². The molecular weight excluding hydrogens is 346 g/mol. The first-order valence-corrected chi connectivity index (χ1v) is 9.22. The Morgan fingerprint density at radius 3 is 2.65 bits per heavy atom. The Morgan fingerprint density at radius 1 is 1.38 bits per heavy atom. The van der Waals surface area contributed by atoms with Gasteiger partial charge in [-0.05, 0) is 44.5 Å². The quantitative estimate of drug-likeness (QED) is 0.648. The maximum absolute atomic E-state index is 9.29. The predicted molar refractivity (Wildman–Crippen MR) is 110 cm³/mol. The third-order valence-electron chi connectivity index (χ3n) is 3.89. The van der Waals surface area contributed by atoms with Crippen molar-refractivity contribution in [2.45, 2.75) is 20.8 Å². The number of nitrogens with zero attached hydrogens (tertiary/aromatic N) is 2. The first-order chi connectivity index (χ1) is 12.5. The number of benzene rings is 1. The van der Waals surface area contributed by atoms with Crippen molar-refractivity contribution in [1.29, 1.82) is 0 Å². The Kier molecular flexibility index (Phi) is 10.2. The van der Waals surface area contributed by atoms with Crippen molar-refractivity contribution in [2.24, 2.45) is 0 Å². The van der Waals surface area contributed by atoms with Gasteiger partial charge in [-0.3, -0.25) is 9.69 Å². The van der Waals surface area contributed by atoms with Crippen LogP contribution < -0.4 is 5.32 Å². The average Bonchev–Trinajstić information content (AvgIpc) is 2.64. The van der Waals surface area contributed by atoms with Crippen LogP contribution in [0.15, 0.2) is 48.3 Å². The van der Waals surface area contributed by atoms with Crippen LogP contribution in [0, 0.1) is 11.8 Å². The van der Waals surface area contributed by atoms with E-state index in [1.165, 1.54) is 0 Å². The molecule has 0 bridgehead atoms. The summed E-state index contributed by atoms with van der Waals surface area (Å²) in [6, 6.07) is 7.62. The lowest BCUT2D eigenvalue weighted by molar-refractivity contribution is -0.109. The van der Waals surface area contributed by atoms with Crippen molar-refractivity contribution in [3.8, 4) is 11.8 Å². The number of hydrogen-bond donors (Lipinski definition) is 1. The zero-order chi connectivity index (χ0) is 19.4. The number of carbonyl (C=O) groups is 1. The van der Waals surface area contributed by atoms with Crippen LogP contribution in [0.25, 0.3) is 0 Å². The van der Waals surface area contributed by atoms with Gasteiger partial charge in [-0.2, -0.15) is 0 Å². The zero-order valence-electron chi connectivity index (χ0n) is 15.9. The number of allylic oxidation sites excluding steroid dienone is 2. The van der Waals surface area contributed by atoms with E-state index in [-0.39, 0.29) is 0 Å². The normalized spacial score (nSPS) is 14.7. The van der Waals surface area contributed by atoms with Crippen molar-refractivity contribution >= 4 is 18.0 Å². The van der Waals surface area contributed by atoms with Crippen LogP contribution in [-0.4, -0.2) is 48.9 Å². The number of hydrogen-bond acceptors (Lipinski definition) is 3. The minimum absolute atomic E-state index is 0.681. The van der Waals surface area contributed by atoms with Gasteiger partial charge >= 0.3 is 0 Å². The minimum atomic E-state index is 0.681. The molecule has 1 aliphatic heterocycles. The summed E-state index contributed by atoms with van der Waals surface area (Å²) >= 11 is 5.99. The van der Waals surface area contributed by atoms with Crippen LogP contribution in [-0.2, 0) is 4.79 Å². The van der Waals surface area contributed by atoms with Crippen molar-refractivity contribution in [3.05, 3.63) is 58.9 Å². The van der Waals surface area contributed by atoms with E-state index in [1.54, 1.807) is 0 Å². The maximum atomic E-state index is 9.29. The molecule has 0 unspecified atom stereocenters. The predicted octanol–water partition coefficient (Wildman–Crippen LogP) is 3.50. The molecule has 5 heteroatoms. The SMILES string of the molecule is C=C1CN(CC)CCN1/C(C#Cc1cccc(Cl)c1)=C\C.CCNC=O. The van der Waals surface area contributed by atoms with Gasteiger partial charge in [0, 0.05) is 42.5 Å². The number of piperazine rings is 1. The van der Waals surface area contributed by atoms with Gasteiger partial charge in [0.25, 0.3) is 0 Å². The molecule has 2 rings (SSSR count). The third-order valence-corrected chi connectivity index (χ3v) is 4.12. The maximum Gasteiger partial charge on any atom is 0.207 e. The molecule has 0 radical (unpaired) electrons. The molecule has 1 heterocycles. The van der Waals surface area contributed by atoms with Gasteiger partial charge < -0.3 is 10.2 Å². The Labute approximate surface area is 162 Å². The van der Waals surface area contributed by atoms with Crippen molar-refractivity contribution in [3.63, 3.8) is 0 Å². The van der Waals surface area contributed by atoms with Crippen LogP contribution in [0.5, 0.6) is 0 Å². The number of amides is 1. The Balaban J connectivity index is 0.000000597. The molecule has 1 amide bonds. The number of rotatable bonds is 4. The summed E-state index contributed by atoms with van der Waals surface area (Å²) in [6.07, 6.45) is 2.73. The first kappa shape index (κ1) is 21.8. The van der Waals surface area contributed by atoms with Gasteiger partial charge in [-0.15, -0.1) is 0 Å². The molecule has 26 heavy (non-hydrogen) atoms. The summed E-state index contributed by atoms with van der Waals surface area (Å²) in [6.45, 7) is 14.9. The monoisotopic (exact) mass is 373 g/mol. The first-order valence-electron chi connectivity index (χ1n) is 8.84. The van der Waals surface area contributed by atoms with Gasteiger partial charge in [-0.1, -0.05) is 43.2 Å². The van der Waals surface area contributed by atoms with Gasteiger partial charge in [-0.25, -0.2) is 0 Å². The van der Waals surface area contributed by atoms with E-state index in [1.807, 2.05) is 44.2 Å². The molecule has 0 atom stereocenters. The average molecular weight is 374 g/mol. The second-order valence-corrected chi connectivity index (χ2v) is 6.13. The van der Waals surface area contributed by atoms with Gasteiger partial charge in [0.1, 0.15) is 0 Å². The second kappa shape index (κ2) is 12.2. The molecular formula is C21H28ClN3O. The van der Waals surface area contributed by atoms with Crippen molar-refractivity contribution in [1.82, 2.24) is 15.1 Å². The number of likely N-dealkylation sites (N-methyl/N-ethyl adjacent to an activating group) is 1. The summed E-state index contributed by atoms with van der Waals surface area (Å²) in [5.41, 5.74) is 3.05. The van der Waals surface area contributed by atoms with Crippen molar-refractivity contribution in [2.75, 3.05) is 32.7 Å². The van der Waals surface area contributed by atoms with E-state index in [4.69, 9.17) is 11.6 Å². The van der Waals surface area contributed by atoms with E-state index in [0.29, 0.717) is 11.4 Å². The number of carbonyl (C=O) groups excluding carboxylic acids is 1. The molecule has 1 N–H and O–H groups in total.